The second-order valence-corrected chi connectivity index (χ2v) is 10.4. The third kappa shape index (κ3) is 6.51. The van der Waals surface area contributed by atoms with Crippen molar-refractivity contribution in [2.45, 2.75) is 82.4 Å². The fourth-order valence-corrected chi connectivity index (χ4v) is 5.72. The molecule has 4 rings (SSSR count). The Kier molecular flexibility index (Phi) is 7.97. The Bertz CT molecular complexity index is 1100. The molecule has 0 radical (unpaired) electrons. The number of rotatable bonds is 6. The summed E-state index contributed by atoms with van der Waals surface area (Å²) in [5, 5.41) is 9.58. The maximum absolute atomic E-state index is 14.1. The number of nitrogens with zero attached hydrogens (tertiary/aromatic N) is 1. The average molecular weight is 532 g/mol. The molecule has 0 spiro atoms. The molecule has 2 saturated carbocycles. The van der Waals surface area contributed by atoms with Gasteiger partial charge < -0.3 is 9.84 Å². The van der Waals surface area contributed by atoms with Crippen molar-refractivity contribution in [2.75, 3.05) is 7.05 Å². The van der Waals surface area contributed by atoms with E-state index >= 15 is 0 Å². The molecule has 0 saturated heterocycles. The van der Waals surface area contributed by atoms with E-state index in [4.69, 9.17) is 4.74 Å². The van der Waals surface area contributed by atoms with Crippen molar-refractivity contribution in [3.63, 3.8) is 0 Å². The van der Waals surface area contributed by atoms with Gasteiger partial charge in [0.1, 0.15) is 11.3 Å². The standard InChI is InChI=1S/C27H31F6NO3/c1-34(20-8-3-17(4-9-20)25(35)36)15-16-2-12-22-18(14-16)5-13-23(24(22)27(31,32)33)37-21-10-6-19(7-11-21)26(28,29)30/h2,5,12-14,17,19-21H,3-4,6-11,15H2,1H3,(H,35,36). The molecule has 0 amide bonds. The molecular weight excluding hydrogens is 500 g/mol. The van der Waals surface area contributed by atoms with Gasteiger partial charge in [-0.05, 0) is 86.9 Å². The van der Waals surface area contributed by atoms with Crippen LogP contribution < -0.4 is 4.74 Å². The van der Waals surface area contributed by atoms with E-state index in [0.29, 0.717) is 24.8 Å². The Morgan fingerprint density at radius 2 is 1.59 bits per heavy atom. The molecule has 10 heteroatoms. The zero-order valence-corrected chi connectivity index (χ0v) is 20.5. The summed E-state index contributed by atoms with van der Waals surface area (Å²) in [6.07, 6.45) is -7.16. The van der Waals surface area contributed by atoms with Crippen LogP contribution in [-0.2, 0) is 17.5 Å². The lowest BCUT2D eigenvalue weighted by atomic mass is 9.85. The SMILES string of the molecule is CN(Cc1ccc2c(C(F)(F)F)c(OC3CCC(C(F)(F)F)CC3)ccc2c1)C1CCC(C(=O)O)CC1. The molecule has 37 heavy (non-hydrogen) atoms. The molecule has 0 aromatic heterocycles. The van der Waals surface area contributed by atoms with Crippen molar-refractivity contribution in [3.8, 4) is 5.75 Å². The number of fused-ring (bicyclic) bond motifs is 1. The van der Waals surface area contributed by atoms with Crippen molar-refractivity contribution < 1.29 is 41.0 Å². The van der Waals surface area contributed by atoms with Crippen LogP contribution in [0.15, 0.2) is 30.3 Å². The van der Waals surface area contributed by atoms with E-state index < -0.39 is 35.9 Å². The topological polar surface area (TPSA) is 49.8 Å². The van der Waals surface area contributed by atoms with Gasteiger partial charge in [0.05, 0.1) is 17.9 Å². The van der Waals surface area contributed by atoms with Gasteiger partial charge in [0.25, 0.3) is 0 Å². The molecule has 2 aromatic carbocycles. The molecular formula is C27H31F6NO3. The summed E-state index contributed by atoms with van der Waals surface area (Å²) >= 11 is 0. The first kappa shape index (κ1) is 27.5. The van der Waals surface area contributed by atoms with Crippen LogP contribution in [0.2, 0.25) is 0 Å². The summed E-state index contributed by atoms with van der Waals surface area (Å²) in [7, 11) is 1.93. The van der Waals surface area contributed by atoms with Gasteiger partial charge in [-0.25, -0.2) is 0 Å². The lowest BCUT2D eigenvalue weighted by molar-refractivity contribution is -0.185. The molecule has 2 fully saturated rings. The minimum absolute atomic E-state index is 0.0117. The maximum Gasteiger partial charge on any atom is 0.420 e. The smallest absolute Gasteiger partial charge is 0.420 e. The number of aliphatic carboxylic acids is 1. The highest BCUT2D eigenvalue weighted by Gasteiger charge is 2.43. The molecule has 0 bridgehead atoms. The number of hydrogen-bond donors (Lipinski definition) is 1. The fraction of sp³-hybridized carbons (Fsp3) is 0.593. The molecule has 2 aliphatic carbocycles. The van der Waals surface area contributed by atoms with Crippen LogP contribution >= 0.6 is 0 Å². The molecule has 2 aliphatic rings. The van der Waals surface area contributed by atoms with Gasteiger partial charge in [-0.2, -0.15) is 26.3 Å². The van der Waals surface area contributed by atoms with E-state index in [1.165, 1.54) is 12.1 Å². The summed E-state index contributed by atoms with van der Waals surface area (Å²) in [6.45, 7) is 0.514. The van der Waals surface area contributed by atoms with Gasteiger partial charge in [-0.15, -0.1) is 0 Å². The summed E-state index contributed by atoms with van der Waals surface area (Å²) < 4.78 is 86.8. The molecule has 4 nitrogen and oxygen atoms in total. The second kappa shape index (κ2) is 10.7. The quantitative estimate of drug-likeness (QED) is 0.394. The van der Waals surface area contributed by atoms with E-state index in [0.717, 1.165) is 18.4 Å². The zero-order chi connectivity index (χ0) is 27.0. The first-order valence-electron chi connectivity index (χ1n) is 12.6. The minimum atomic E-state index is -4.70. The summed E-state index contributed by atoms with van der Waals surface area (Å²) in [4.78, 5) is 13.3. The predicted molar refractivity (Wildman–Crippen MR) is 126 cm³/mol. The molecule has 2 aromatic rings. The number of carboxylic acids is 1. The van der Waals surface area contributed by atoms with Gasteiger partial charge in [0.15, 0.2) is 0 Å². The highest BCUT2D eigenvalue weighted by atomic mass is 19.4. The molecule has 0 aliphatic heterocycles. The molecule has 204 valence electrons. The van der Waals surface area contributed by atoms with Crippen molar-refractivity contribution >= 4 is 16.7 Å². The highest BCUT2D eigenvalue weighted by molar-refractivity contribution is 5.89. The fourth-order valence-electron chi connectivity index (χ4n) is 5.72. The predicted octanol–water partition coefficient (Wildman–Crippen LogP) is 7.43. The number of ether oxygens (including phenoxy) is 1. The van der Waals surface area contributed by atoms with Gasteiger partial charge in [0.2, 0.25) is 0 Å². The van der Waals surface area contributed by atoms with Gasteiger partial charge in [-0.1, -0.05) is 18.2 Å². The molecule has 0 unspecified atom stereocenters. The Morgan fingerprint density at radius 3 is 2.16 bits per heavy atom. The lowest BCUT2D eigenvalue weighted by Gasteiger charge is -2.33. The summed E-state index contributed by atoms with van der Waals surface area (Å²) in [5.74, 6) is -2.87. The molecule has 0 atom stereocenters. The van der Waals surface area contributed by atoms with Crippen LogP contribution in [0.25, 0.3) is 10.8 Å². The van der Waals surface area contributed by atoms with Crippen molar-refractivity contribution in [1.82, 2.24) is 4.90 Å². The van der Waals surface area contributed by atoms with Crippen LogP contribution in [0.4, 0.5) is 26.3 Å². The summed E-state index contributed by atoms with van der Waals surface area (Å²) in [6, 6.07) is 7.82. The monoisotopic (exact) mass is 531 g/mol. The summed E-state index contributed by atoms with van der Waals surface area (Å²) in [5.41, 5.74) is -0.0718. The van der Waals surface area contributed by atoms with E-state index in [-0.39, 0.29) is 48.8 Å². The van der Waals surface area contributed by atoms with Crippen LogP contribution in [0.1, 0.15) is 62.5 Å². The number of halogens is 6. The molecule has 0 heterocycles. The number of carboxylic acid groups (broad SMARTS) is 1. The van der Waals surface area contributed by atoms with E-state index in [1.807, 2.05) is 7.05 Å². The van der Waals surface area contributed by atoms with E-state index in [1.54, 1.807) is 18.2 Å². The lowest BCUT2D eigenvalue weighted by Crippen LogP contribution is -2.36. The number of carbonyl (C=O) groups is 1. The largest absolute Gasteiger partial charge is 0.490 e. The number of benzene rings is 2. The van der Waals surface area contributed by atoms with E-state index in [2.05, 4.69) is 4.90 Å². The normalized spacial score (nSPS) is 25.4. The van der Waals surface area contributed by atoms with Crippen LogP contribution in [-0.4, -0.2) is 41.3 Å². The Hall–Kier alpha value is -2.49. The number of hydrogen-bond acceptors (Lipinski definition) is 3. The first-order valence-corrected chi connectivity index (χ1v) is 12.6. The van der Waals surface area contributed by atoms with Crippen LogP contribution in [0.3, 0.4) is 0 Å². The maximum atomic E-state index is 14.1. The molecule has 1 N–H and O–H groups in total. The third-order valence-electron chi connectivity index (χ3n) is 7.86. The van der Waals surface area contributed by atoms with Crippen molar-refractivity contribution in [1.29, 1.82) is 0 Å². The Labute approximate surface area is 211 Å². The van der Waals surface area contributed by atoms with E-state index in [9.17, 15) is 36.2 Å². The average Bonchev–Trinajstić information content (AvgIpc) is 2.83. The van der Waals surface area contributed by atoms with Gasteiger partial charge in [-0.3, -0.25) is 9.69 Å². The minimum Gasteiger partial charge on any atom is -0.490 e. The Balaban J connectivity index is 1.49. The van der Waals surface area contributed by atoms with Crippen molar-refractivity contribution in [3.05, 3.63) is 41.5 Å². The van der Waals surface area contributed by atoms with Gasteiger partial charge >= 0.3 is 18.3 Å². The second-order valence-electron chi connectivity index (χ2n) is 10.4. The van der Waals surface area contributed by atoms with Crippen molar-refractivity contribution in [2.24, 2.45) is 11.8 Å². The Morgan fingerprint density at radius 1 is 0.946 bits per heavy atom. The third-order valence-corrected chi connectivity index (χ3v) is 7.86. The number of alkyl halides is 6. The zero-order valence-electron chi connectivity index (χ0n) is 20.5. The first-order chi connectivity index (χ1) is 17.3. The van der Waals surface area contributed by atoms with Crippen LogP contribution in [0, 0.1) is 11.8 Å². The van der Waals surface area contributed by atoms with Gasteiger partial charge in [0, 0.05) is 12.6 Å². The highest BCUT2D eigenvalue weighted by Crippen LogP contribution is 2.44. The van der Waals surface area contributed by atoms with Crippen LogP contribution in [0.5, 0.6) is 5.75 Å².